The van der Waals surface area contributed by atoms with Crippen molar-refractivity contribution in [2.24, 2.45) is 23.9 Å². The average Bonchev–Trinajstić information content (AvgIpc) is 3.24. The molecule has 1 saturated heterocycles. The fourth-order valence-electron chi connectivity index (χ4n) is 4.98. The molecule has 3 aliphatic rings. The largest absolute Gasteiger partial charge is 0.353 e. The average molecular weight is 359 g/mol. The van der Waals surface area contributed by atoms with Crippen molar-refractivity contribution in [1.29, 1.82) is 0 Å². The Balaban J connectivity index is 1.48. The van der Waals surface area contributed by atoms with Gasteiger partial charge in [-0.3, -0.25) is 0 Å². The van der Waals surface area contributed by atoms with Gasteiger partial charge in [-0.2, -0.15) is 0 Å². The van der Waals surface area contributed by atoms with Gasteiger partial charge in [-0.15, -0.1) is 10.2 Å². The Hall–Kier alpha value is -1.59. The normalized spacial score (nSPS) is 27.6. The summed E-state index contributed by atoms with van der Waals surface area (Å²) in [5.74, 6) is 4.76. The molecule has 2 unspecified atom stereocenters. The van der Waals surface area contributed by atoms with E-state index in [0.717, 1.165) is 29.4 Å². The van der Waals surface area contributed by atoms with E-state index in [1.807, 2.05) is 18.5 Å². The Labute approximate surface area is 157 Å². The second-order valence-electron chi connectivity index (χ2n) is 8.55. The molecule has 1 aliphatic heterocycles. The predicted molar refractivity (Wildman–Crippen MR) is 104 cm³/mol. The molecule has 2 saturated carbocycles. The highest BCUT2D eigenvalue weighted by molar-refractivity contribution is 5.80. The van der Waals surface area contributed by atoms with Crippen LogP contribution in [0.4, 0.5) is 0 Å². The van der Waals surface area contributed by atoms with Gasteiger partial charge in [0.25, 0.3) is 0 Å². The Morgan fingerprint density at radius 1 is 1.00 bits per heavy atom. The summed E-state index contributed by atoms with van der Waals surface area (Å²) in [6, 6.07) is 0.589. The molecule has 4 rings (SSSR count). The van der Waals surface area contributed by atoms with Crippen LogP contribution in [0.25, 0.3) is 0 Å². The minimum atomic E-state index is 0.589. The molecule has 0 bridgehead atoms. The number of aryl methyl sites for hydroxylation is 1. The maximum atomic E-state index is 5.01. The van der Waals surface area contributed by atoms with Crippen LogP contribution < -0.4 is 5.32 Å². The molecule has 6 heteroatoms. The molecule has 1 aromatic rings. The third kappa shape index (κ3) is 3.89. The smallest absolute Gasteiger partial charge is 0.194 e. The number of hydrogen-bond donors (Lipinski definition) is 1. The van der Waals surface area contributed by atoms with Crippen molar-refractivity contribution in [3.05, 3.63) is 11.6 Å². The van der Waals surface area contributed by atoms with Crippen LogP contribution in [0.1, 0.15) is 69.4 Å². The van der Waals surface area contributed by atoms with Gasteiger partial charge in [0.05, 0.1) is 0 Å². The molecule has 0 amide bonds. The van der Waals surface area contributed by atoms with Crippen LogP contribution in [0.2, 0.25) is 0 Å². The second-order valence-corrected chi connectivity index (χ2v) is 8.55. The molecule has 1 N–H and O–H groups in total. The summed E-state index contributed by atoms with van der Waals surface area (Å²) in [7, 11) is 2.03. The lowest BCUT2D eigenvalue weighted by Crippen LogP contribution is -2.46. The van der Waals surface area contributed by atoms with Gasteiger partial charge >= 0.3 is 0 Å². The monoisotopic (exact) mass is 358 g/mol. The van der Waals surface area contributed by atoms with E-state index < -0.39 is 0 Å². The summed E-state index contributed by atoms with van der Waals surface area (Å²) in [6.45, 7) is 4.97. The quantitative estimate of drug-likeness (QED) is 0.666. The highest BCUT2D eigenvalue weighted by Crippen LogP contribution is 2.36. The number of aromatic nitrogens is 3. The Morgan fingerprint density at radius 2 is 1.65 bits per heavy atom. The van der Waals surface area contributed by atoms with Crippen molar-refractivity contribution >= 4 is 5.96 Å². The van der Waals surface area contributed by atoms with Crippen LogP contribution in [-0.2, 0) is 13.6 Å². The van der Waals surface area contributed by atoms with Crippen molar-refractivity contribution < 1.29 is 0 Å². The number of nitrogens with one attached hydrogen (secondary N) is 1. The fraction of sp³-hybridized carbons (Fsp3) is 0.850. The summed E-state index contributed by atoms with van der Waals surface area (Å²) in [5.41, 5.74) is 0. The van der Waals surface area contributed by atoms with Gasteiger partial charge in [0.1, 0.15) is 12.4 Å². The van der Waals surface area contributed by atoms with Crippen molar-refractivity contribution in [2.45, 2.75) is 77.3 Å². The molecule has 144 valence electrons. The third-order valence-corrected chi connectivity index (χ3v) is 6.77. The van der Waals surface area contributed by atoms with Crippen LogP contribution in [0.5, 0.6) is 0 Å². The predicted octanol–water partition coefficient (Wildman–Crippen LogP) is 3.02. The van der Waals surface area contributed by atoms with Crippen LogP contribution in [0.3, 0.4) is 0 Å². The molecule has 2 aliphatic carbocycles. The molecule has 2 atom stereocenters. The Morgan fingerprint density at radius 3 is 2.27 bits per heavy atom. The zero-order chi connectivity index (χ0) is 17.9. The first-order valence-electron chi connectivity index (χ1n) is 10.6. The summed E-state index contributed by atoms with van der Waals surface area (Å²) in [4.78, 5) is 7.55. The number of likely N-dealkylation sites (tertiary alicyclic amines) is 1. The molecule has 0 aromatic carbocycles. The first kappa shape index (κ1) is 17.8. The highest BCUT2D eigenvalue weighted by Gasteiger charge is 2.36. The number of hydrogen-bond acceptors (Lipinski definition) is 3. The van der Waals surface area contributed by atoms with Crippen molar-refractivity contribution in [3.63, 3.8) is 0 Å². The van der Waals surface area contributed by atoms with Gasteiger partial charge in [0.2, 0.25) is 0 Å². The van der Waals surface area contributed by atoms with E-state index in [0.29, 0.717) is 12.6 Å². The summed E-state index contributed by atoms with van der Waals surface area (Å²) in [5, 5.41) is 12.3. The van der Waals surface area contributed by atoms with Crippen LogP contribution in [0.15, 0.2) is 4.99 Å². The summed E-state index contributed by atoms with van der Waals surface area (Å²) in [6.07, 6.45) is 12.3. The third-order valence-electron chi connectivity index (χ3n) is 6.77. The number of fused-ring (bicyclic) bond motifs is 1. The molecular formula is C20H34N6. The van der Waals surface area contributed by atoms with E-state index in [1.54, 1.807) is 0 Å². The van der Waals surface area contributed by atoms with Crippen LogP contribution in [-0.4, -0.2) is 44.8 Å². The Kier molecular flexibility index (Phi) is 5.46. The summed E-state index contributed by atoms with van der Waals surface area (Å²) < 4.78 is 2.05. The number of rotatable bonds is 3. The maximum Gasteiger partial charge on any atom is 0.194 e. The second kappa shape index (κ2) is 7.97. The van der Waals surface area contributed by atoms with E-state index in [2.05, 4.69) is 20.4 Å². The first-order valence-corrected chi connectivity index (χ1v) is 10.6. The molecule has 26 heavy (non-hydrogen) atoms. The minimum Gasteiger partial charge on any atom is -0.353 e. The summed E-state index contributed by atoms with van der Waals surface area (Å²) >= 11 is 0. The van der Waals surface area contributed by atoms with Crippen molar-refractivity contribution in [1.82, 2.24) is 25.0 Å². The Bertz CT molecular complexity index is 616. The minimum absolute atomic E-state index is 0.589. The number of aliphatic imine (C=N–C) groups is 1. The molecular weight excluding hydrogens is 324 g/mol. The fourth-order valence-corrected chi connectivity index (χ4v) is 4.98. The lowest BCUT2D eigenvalue weighted by atomic mass is 9.82. The van der Waals surface area contributed by atoms with Crippen LogP contribution >= 0.6 is 0 Å². The molecule has 6 nitrogen and oxygen atoms in total. The molecule has 2 heterocycles. The van der Waals surface area contributed by atoms with E-state index in [1.165, 1.54) is 70.9 Å². The number of nitrogens with zero attached hydrogens (tertiary/aromatic N) is 5. The maximum absolute atomic E-state index is 5.01. The zero-order valence-corrected chi connectivity index (χ0v) is 16.5. The number of guanidine groups is 1. The lowest BCUT2D eigenvalue weighted by Gasteiger charge is -2.29. The molecule has 3 fully saturated rings. The van der Waals surface area contributed by atoms with E-state index in [4.69, 9.17) is 4.99 Å². The standard InChI is InChI=1S/C20H34N6/c1-15-23-24-19(25(15)2)12-21-20(22-18-10-4-3-5-11-18)26-13-16-8-6-7-9-17(16)14-26/h16-18H,3-14H2,1-2H3,(H,21,22). The van der Waals surface area contributed by atoms with Crippen LogP contribution in [0, 0.1) is 18.8 Å². The molecule has 0 radical (unpaired) electrons. The van der Waals surface area contributed by atoms with E-state index in [9.17, 15) is 0 Å². The highest BCUT2D eigenvalue weighted by atomic mass is 15.3. The van der Waals surface area contributed by atoms with Gasteiger partial charge in [0.15, 0.2) is 11.8 Å². The topological polar surface area (TPSA) is 58.3 Å². The molecule has 1 aromatic heterocycles. The lowest BCUT2D eigenvalue weighted by molar-refractivity contribution is 0.299. The molecule has 0 spiro atoms. The van der Waals surface area contributed by atoms with Gasteiger partial charge in [-0.1, -0.05) is 32.1 Å². The van der Waals surface area contributed by atoms with Gasteiger partial charge in [-0.05, 0) is 44.4 Å². The zero-order valence-electron chi connectivity index (χ0n) is 16.5. The van der Waals surface area contributed by atoms with Gasteiger partial charge < -0.3 is 14.8 Å². The SMILES string of the molecule is Cc1nnc(CN=C(NC2CCCCC2)N2CC3CCCCC3C2)n1C. The van der Waals surface area contributed by atoms with Gasteiger partial charge in [0, 0.05) is 26.2 Å². The van der Waals surface area contributed by atoms with E-state index in [-0.39, 0.29) is 0 Å². The van der Waals surface area contributed by atoms with E-state index >= 15 is 0 Å². The van der Waals surface area contributed by atoms with Crippen molar-refractivity contribution in [2.75, 3.05) is 13.1 Å². The first-order chi connectivity index (χ1) is 12.7. The van der Waals surface area contributed by atoms with Gasteiger partial charge in [-0.25, -0.2) is 4.99 Å². The van der Waals surface area contributed by atoms with Crippen molar-refractivity contribution in [3.8, 4) is 0 Å².